The summed E-state index contributed by atoms with van der Waals surface area (Å²) < 4.78 is 40.0. The molecule has 1 aromatic carbocycles. The van der Waals surface area contributed by atoms with Crippen LogP contribution >= 0.6 is 11.6 Å². The Morgan fingerprint density at radius 3 is 2.23 bits per heavy atom. The van der Waals surface area contributed by atoms with Crippen molar-refractivity contribution in [2.24, 2.45) is 35.5 Å². The average molecular weight is 439 g/mol. The van der Waals surface area contributed by atoms with Crippen LogP contribution in [0.1, 0.15) is 12.0 Å². The maximum Gasteiger partial charge on any atom is 0.471 e. The predicted octanol–water partition coefficient (Wildman–Crippen LogP) is 3.55. The Morgan fingerprint density at radius 1 is 1.13 bits per heavy atom. The molecule has 5 nitrogen and oxygen atoms in total. The van der Waals surface area contributed by atoms with Gasteiger partial charge >= 0.3 is 12.1 Å². The minimum atomic E-state index is -5.17. The summed E-state index contributed by atoms with van der Waals surface area (Å²) in [5.74, 6) is -3.56. The smallest absolute Gasteiger partial charge is 0.285 e. The zero-order valence-electron chi connectivity index (χ0n) is 15.9. The van der Waals surface area contributed by atoms with Crippen LogP contribution in [0.2, 0.25) is 5.02 Å². The molecule has 5 aliphatic rings. The van der Waals surface area contributed by atoms with Crippen LogP contribution in [0.3, 0.4) is 0 Å². The van der Waals surface area contributed by atoms with Crippen molar-refractivity contribution in [1.29, 1.82) is 0 Å². The van der Waals surface area contributed by atoms with Gasteiger partial charge < -0.3 is 0 Å². The minimum absolute atomic E-state index is 0.0499. The van der Waals surface area contributed by atoms with Gasteiger partial charge in [-0.2, -0.15) is 13.2 Å². The molecule has 1 aromatic rings. The number of amides is 3. The number of halogens is 4. The van der Waals surface area contributed by atoms with Crippen molar-refractivity contribution in [3.05, 3.63) is 40.9 Å². The quantitative estimate of drug-likeness (QED) is 0.535. The minimum Gasteiger partial charge on any atom is -0.285 e. The molecule has 0 aromatic heterocycles. The molecule has 3 amide bonds. The van der Waals surface area contributed by atoms with Gasteiger partial charge in [-0.15, -0.1) is 0 Å². The molecule has 6 rings (SSSR count). The van der Waals surface area contributed by atoms with E-state index in [-0.39, 0.29) is 28.1 Å². The first kappa shape index (κ1) is 19.6. The summed E-state index contributed by atoms with van der Waals surface area (Å²) >= 11 is 6.04. The molecule has 158 valence electrons. The average Bonchev–Trinajstić information content (AvgIpc) is 3.47. The molecule has 0 spiro atoms. The van der Waals surface area contributed by atoms with Crippen LogP contribution in [0, 0.1) is 42.4 Å². The summed E-state index contributed by atoms with van der Waals surface area (Å²) in [7, 11) is 0. The van der Waals surface area contributed by atoms with Crippen LogP contribution in [0.4, 0.5) is 18.9 Å². The fourth-order valence-electron chi connectivity index (χ4n) is 5.59. The second-order valence-electron chi connectivity index (χ2n) is 8.52. The van der Waals surface area contributed by atoms with E-state index in [1.54, 1.807) is 0 Å². The van der Waals surface area contributed by atoms with Crippen LogP contribution in [-0.2, 0) is 14.4 Å². The van der Waals surface area contributed by atoms with E-state index in [0.717, 1.165) is 11.3 Å². The lowest BCUT2D eigenvalue weighted by Gasteiger charge is -2.37. The lowest BCUT2D eigenvalue weighted by molar-refractivity contribution is -0.171. The van der Waals surface area contributed by atoms with Crippen molar-refractivity contribution in [3.8, 4) is 0 Å². The molecule has 9 heteroatoms. The van der Waals surface area contributed by atoms with Crippen LogP contribution in [0.25, 0.3) is 0 Å². The number of allylic oxidation sites excluding steroid dienone is 2. The number of imide groups is 1. The van der Waals surface area contributed by atoms with Gasteiger partial charge in [0.1, 0.15) is 6.67 Å². The molecule has 1 heterocycles. The predicted molar refractivity (Wildman–Crippen MR) is 101 cm³/mol. The van der Waals surface area contributed by atoms with Crippen molar-refractivity contribution in [2.45, 2.75) is 19.5 Å². The number of alkyl halides is 3. The van der Waals surface area contributed by atoms with Gasteiger partial charge in [-0.3, -0.25) is 24.2 Å². The highest BCUT2D eigenvalue weighted by atomic mass is 35.5. The number of nitrogens with zero attached hydrogens (tertiary/aromatic N) is 2. The van der Waals surface area contributed by atoms with Crippen molar-refractivity contribution in [2.75, 3.05) is 11.6 Å². The standard InChI is InChI=1S/C21H18ClF3N2O3/c1-9-14(22)3-2-4-15(9)26(20(30)21(23,24)25)8-27-18(28)16-10-5-6-11(13-7-12(10)13)17(16)19(27)29/h2-6,10-13,16-17H,7-8H2,1H3/t10-,11-,12-,13-,16-,17+/m0/s1. The van der Waals surface area contributed by atoms with Crippen LogP contribution in [0.15, 0.2) is 30.4 Å². The summed E-state index contributed by atoms with van der Waals surface area (Å²) in [6.45, 7) is 0.707. The molecule has 2 saturated carbocycles. The van der Waals surface area contributed by atoms with E-state index < -0.39 is 42.4 Å². The zero-order valence-corrected chi connectivity index (χ0v) is 16.7. The molecule has 0 unspecified atom stereocenters. The number of hydrogen-bond acceptors (Lipinski definition) is 3. The summed E-state index contributed by atoms with van der Waals surface area (Å²) in [6, 6.07) is 4.24. The van der Waals surface area contributed by atoms with Gasteiger partial charge in [-0.1, -0.05) is 29.8 Å². The third kappa shape index (κ3) is 2.65. The maximum absolute atomic E-state index is 13.3. The molecule has 0 N–H and O–H groups in total. The number of likely N-dealkylation sites (tertiary alicyclic amines) is 1. The number of benzene rings is 1. The second-order valence-corrected chi connectivity index (χ2v) is 8.92. The van der Waals surface area contributed by atoms with E-state index in [4.69, 9.17) is 11.6 Å². The first-order chi connectivity index (χ1) is 14.1. The summed E-state index contributed by atoms with van der Waals surface area (Å²) in [5, 5.41) is 0.183. The molecular formula is C21H18ClF3N2O3. The third-order valence-corrected chi connectivity index (χ3v) is 7.46. The van der Waals surface area contributed by atoms with Gasteiger partial charge in [0.05, 0.1) is 17.5 Å². The monoisotopic (exact) mass is 438 g/mol. The lowest BCUT2D eigenvalue weighted by Crippen LogP contribution is -2.49. The SMILES string of the molecule is Cc1c(Cl)cccc1N(CN1C(=O)[C@@H]2[C@H]3C=C[C@@H]([C@@H]4C[C@@H]34)[C@@H]2C1=O)C(=O)C(F)(F)F. The van der Waals surface area contributed by atoms with Crippen LogP contribution in [-0.4, -0.2) is 35.5 Å². The van der Waals surface area contributed by atoms with Crippen molar-refractivity contribution >= 4 is 35.0 Å². The van der Waals surface area contributed by atoms with E-state index in [0.29, 0.717) is 16.7 Å². The Bertz CT molecular complexity index is 972. The molecule has 1 aliphatic heterocycles. The van der Waals surface area contributed by atoms with Crippen molar-refractivity contribution in [3.63, 3.8) is 0 Å². The highest BCUT2D eigenvalue weighted by Crippen LogP contribution is 2.65. The normalized spacial score (nSPS) is 33.6. The molecule has 2 bridgehead atoms. The summed E-state index contributed by atoms with van der Waals surface area (Å²) in [5.41, 5.74) is 0.181. The molecule has 0 radical (unpaired) electrons. The van der Waals surface area contributed by atoms with Gasteiger partial charge in [0, 0.05) is 5.02 Å². The van der Waals surface area contributed by atoms with E-state index in [2.05, 4.69) is 0 Å². The first-order valence-electron chi connectivity index (χ1n) is 9.78. The van der Waals surface area contributed by atoms with Crippen LogP contribution < -0.4 is 4.90 Å². The maximum atomic E-state index is 13.3. The fourth-order valence-corrected chi connectivity index (χ4v) is 5.76. The second kappa shape index (κ2) is 6.33. The Morgan fingerprint density at radius 2 is 1.70 bits per heavy atom. The highest BCUT2D eigenvalue weighted by molar-refractivity contribution is 6.31. The van der Waals surface area contributed by atoms with E-state index in [1.165, 1.54) is 25.1 Å². The number of anilines is 1. The zero-order chi connectivity index (χ0) is 21.5. The Kier molecular flexibility index (Phi) is 4.13. The molecule has 3 fully saturated rings. The number of hydrogen-bond donors (Lipinski definition) is 0. The van der Waals surface area contributed by atoms with Crippen molar-refractivity contribution < 1.29 is 27.6 Å². The Labute approximate surface area is 175 Å². The topological polar surface area (TPSA) is 57.7 Å². The summed E-state index contributed by atoms with van der Waals surface area (Å²) in [4.78, 5) is 39.7. The molecule has 6 atom stereocenters. The van der Waals surface area contributed by atoms with Gasteiger partial charge in [0.25, 0.3) is 0 Å². The molecule has 1 saturated heterocycles. The number of carbonyl (C=O) groups is 3. The molecule has 4 aliphatic carbocycles. The van der Waals surface area contributed by atoms with E-state index in [9.17, 15) is 27.6 Å². The fraction of sp³-hybridized carbons (Fsp3) is 0.476. The number of carbonyl (C=O) groups excluding carboxylic acids is 3. The third-order valence-electron chi connectivity index (χ3n) is 7.05. The number of rotatable bonds is 3. The Balaban J connectivity index is 1.50. The summed E-state index contributed by atoms with van der Waals surface area (Å²) in [6.07, 6.45) is -0.227. The largest absolute Gasteiger partial charge is 0.471 e. The molecular weight excluding hydrogens is 421 g/mol. The first-order valence-corrected chi connectivity index (χ1v) is 10.2. The van der Waals surface area contributed by atoms with Gasteiger partial charge in [0.2, 0.25) is 11.8 Å². The lowest BCUT2D eigenvalue weighted by atomic mass is 9.63. The highest BCUT2D eigenvalue weighted by Gasteiger charge is 2.67. The van der Waals surface area contributed by atoms with Gasteiger partial charge in [0.15, 0.2) is 0 Å². The van der Waals surface area contributed by atoms with E-state index >= 15 is 0 Å². The van der Waals surface area contributed by atoms with Gasteiger partial charge in [-0.25, -0.2) is 0 Å². The van der Waals surface area contributed by atoms with Crippen LogP contribution in [0.5, 0.6) is 0 Å². The Hall–Kier alpha value is -2.35. The van der Waals surface area contributed by atoms with E-state index in [1.807, 2.05) is 12.2 Å². The van der Waals surface area contributed by atoms with Crippen molar-refractivity contribution in [1.82, 2.24) is 4.90 Å². The molecule has 30 heavy (non-hydrogen) atoms. The van der Waals surface area contributed by atoms with Gasteiger partial charge in [-0.05, 0) is 54.7 Å².